The monoisotopic (exact) mass is 272 g/mol. The van der Waals surface area contributed by atoms with Gasteiger partial charge in [-0.15, -0.1) is 0 Å². The molecule has 0 saturated carbocycles. The van der Waals surface area contributed by atoms with Crippen LogP contribution in [0.4, 0.5) is 0 Å². The molecular weight excluding hydrogens is 248 g/mol. The molecule has 0 saturated heterocycles. The molecule has 0 aromatic heterocycles. The summed E-state index contributed by atoms with van der Waals surface area (Å²) in [7, 11) is 0. The highest BCUT2D eigenvalue weighted by molar-refractivity contribution is 5.79. The van der Waals surface area contributed by atoms with Gasteiger partial charge in [0.1, 0.15) is 6.61 Å². The summed E-state index contributed by atoms with van der Waals surface area (Å²) in [6.07, 6.45) is 13.4. The Hall–Kier alpha value is -2.09. The Morgan fingerprint density at radius 1 is 1.20 bits per heavy atom. The van der Waals surface area contributed by atoms with E-state index in [4.69, 9.17) is 4.74 Å². The highest BCUT2D eigenvalue weighted by Crippen LogP contribution is 2.11. The molecule has 0 aliphatic rings. The van der Waals surface area contributed by atoms with Gasteiger partial charge < -0.3 is 4.74 Å². The lowest BCUT2D eigenvalue weighted by Crippen LogP contribution is -2.02. The highest BCUT2D eigenvalue weighted by Gasteiger charge is 1.95. The molecule has 0 amide bonds. The first-order chi connectivity index (χ1) is 9.51. The molecule has 108 valence electrons. The van der Waals surface area contributed by atoms with Crippen LogP contribution in [0.5, 0.6) is 0 Å². The Kier molecular flexibility index (Phi) is 9.67. The van der Waals surface area contributed by atoms with Gasteiger partial charge in [0.2, 0.25) is 0 Å². The van der Waals surface area contributed by atoms with Crippen molar-refractivity contribution in [2.45, 2.75) is 27.2 Å². The maximum absolute atomic E-state index is 11.0. The summed E-state index contributed by atoms with van der Waals surface area (Å²) in [5.74, 6) is 0.0867. The van der Waals surface area contributed by atoms with Crippen LogP contribution in [-0.2, 0) is 9.53 Å². The van der Waals surface area contributed by atoms with Gasteiger partial charge in [0.05, 0.1) is 6.26 Å². The van der Waals surface area contributed by atoms with E-state index in [1.807, 2.05) is 45.1 Å². The smallest absolute Gasteiger partial charge is 0.169 e. The van der Waals surface area contributed by atoms with E-state index in [0.717, 1.165) is 16.7 Å². The number of Topliss-reactive ketones (excluding diaryl/α,β-unsaturated/α-hetero) is 1. The van der Waals surface area contributed by atoms with Crippen LogP contribution in [0.25, 0.3) is 0 Å². The van der Waals surface area contributed by atoms with Crippen LogP contribution in [0.1, 0.15) is 27.2 Å². The molecule has 0 radical (unpaired) electrons. The van der Waals surface area contributed by atoms with Gasteiger partial charge >= 0.3 is 0 Å². The largest absolute Gasteiger partial charge is 0.493 e. The summed E-state index contributed by atoms with van der Waals surface area (Å²) < 4.78 is 5.12. The van der Waals surface area contributed by atoms with Gasteiger partial charge in [-0.3, -0.25) is 4.79 Å². The zero-order chi connectivity index (χ0) is 15.4. The normalized spacial score (nSPS) is 12.9. The predicted molar refractivity (Wildman–Crippen MR) is 86.4 cm³/mol. The molecule has 0 fully saturated rings. The highest BCUT2D eigenvalue weighted by atomic mass is 16.5. The van der Waals surface area contributed by atoms with Crippen LogP contribution in [0.2, 0.25) is 0 Å². The molecule has 0 aromatic rings. The first-order valence-corrected chi connectivity index (χ1v) is 6.64. The summed E-state index contributed by atoms with van der Waals surface area (Å²) in [6, 6.07) is 0. The molecular formula is C18H24O2. The van der Waals surface area contributed by atoms with E-state index in [1.54, 1.807) is 12.2 Å². The third-order valence-corrected chi connectivity index (χ3v) is 2.49. The van der Waals surface area contributed by atoms with Gasteiger partial charge in [-0.25, -0.2) is 0 Å². The minimum Gasteiger partial charge on any atom is -0.493 e. The van der Waals surface area contributed by atoms with E-state index in [2.05, 4.69) is 13.2 Å². The lowest BCUT2D eigenvalue weighted by molar-refractivity contribution is -0.121. The van der Waals surface area contributed by atoms with Crippen molar-refractivity contribution >= 4 is 5.78 Å². The van der Waals surface area contributed by atoms with Gasteiger partial charge in [-0.05, 0) is 31.1 Å². The number of rotatable bonds is 9. The lowest BCUT2D eigenvalue weighted by Gasteiger charge is -2.00. The average Bonchev–Trinajstić information content (AvgIpc) is 2.41. The summed E-state index contributed by atoms with van der Waals surface area (Å²) in [5, 5.41) is 0. The molecule has 2 heteroatoms. The Morgan fingerprint density at radius 3 is 2.45 bits per heavy atom. The third kappa shape index (κ3) is 8.92. The minimum absolute atomic E-state index is 0.0867. The molecule has 0 heterocycles. The molecule has 2 nitrogen and oxygen atoms in total. The fourth-order valence-electron chi connectivity index (χ4n) is 1.26. The van der Waals surface area contributed by atoms with Crippen LogP contribution in [0.3, 0.4) is 0 Å². The van der Waals surface area contributed by atoms with Gasteiger partial charge in [0, 0.05) is 6.42 Å². The van der Waals surface area contributed by atoms with Crippen LogP contribution >= 0.6 is 0 Å². The summed E-state index contributed by atoms with van der Waals surface area (Å²) in [4.78, 5) is 11.0. The summed E-state index contributed by atoms with van der Waals surface area (Å²) >= 11 is 0. The van der Waals surface area contributed by atoms with Crippen molar-refractivity contribution in [1.82, 2.24) is 0 Å². The number of carbonyl (C=O) groups is 1. The number of ether oxygens (including phenoxy) is 1. The third-order valence-electron chi connectivity index (χ3n) is 2.49. The van der Waals surface area contributed by atoms with E-state index >= 15 is 0 Å². The standard InChI is InChI=1S/C18H24O2/c1-6-17(16(5)11-8-10-15(3)4)12-9-13-20-14-18(19)7-2/h6,8-13H,1,3,7,14H2,2,4-5H3/b10-8-,13-9+,16-11+,17-12+. The van der Waals surface area contributed by atoms with Gasteiger partial charge in [0.25, 0.3) is 0 Å². The van der Waals surface area contributed by atoms with Gasteiger partial charge in [0.15, 0.2) is 5.78 Å². The summed E-state index contributed by atoms with van der Waals surface area (Å²) in [6.45, 7) is 13.5. The van der Waals surface area contributed by atoms with Crippen LogP contribution in [-0.4, -0.2) is 12.4 Å². The molecule has 0 unspecified atom stereocenters. The minimum atomic E-state index is 0.0867. The Bertz CT molecular complexity index is 460. The van der Waals surface area contributed by atoms with Crippen molar-refractivity contribution in [2.24, 2.45) is 0 Å². The number of ketones is 1. The topological polar surface area (TPSA) is 26.3 Å². The molecule has 0 aliphatic heterocycles. The predicted octanol–water partition coefficient (Wildman–Crippen LogP) is 4.69. The molecule has 0 aromatic carbocycles. The number of hydrogen-bond acceptors (Lipinski definition) is 2. The van der Waals surface area contributed by atoms with E-state index < -0.39 is 0 Å². The van der Waals surface area contributed by atoms with Crippen LogP contribution in [0.15, 0.2) is 72.6 Å². The maximum atomic E-state index is 11.0. The van der Waals surface area contributed by atoms with Crippen molar-refractivity contribution < 1.29 is 9.53 Å². The molecule has 20 heavy (non-hydrogen) atoms. The fourth-order valence-corrected chi connectivity index (χ4v) is 1.26. The second kappa shape index (κ2) is 10.8. The number of carbonyl (C=O) groups excluding carboxylic acids is 1. The zero-order valence-corrected chi connectivity index (χ0v) is 12.7. The lowest BCUT2D eigenvalue weighted by atomic mass is 10.1. The molecule has 0 aliphatic carbocycles. The molecule has 0 bridgehead atoms. The van der Waals surface area contributed by atoms with E-state index in [0.29, 0.717) is 6.42 Å². The van der Waals surface area contributed by atoms with E-state index in [9.17, 15) is 4.79 Å². The van der Waals surface area contributed by atoms with Crippen LogP contribution in [0, 0.1) is 0 Å². The summed E-state index contributed by atoms with van der Waals surface area (Å²) in [5.41, 5.74) is 3.09. The maximum Gasteiger partial charge on any atom is 0.169 e. The van der Waals surface area contributed by atoms with Crippen molar-refractivity contribution in [3.05, 3.63) is 72.6 Å². The molecule has 0 N–H and O–H groups in total. The zero-order valence-electron chi connectivity index (χ0n) is 12.7. The SMILES string of the molecule is C=CC(=C\C=C\OCC(=O)CC)/C(C)=C/C=C\C(=C)C. The van der Waals surface area contributed by atoms with Crippen LogP contribution < -0.4 is 0 Å². The van der Waals surface area contributed by atoms with Crippen molar-refractivity contribution in [3.8, 4) is 0 Å². The number of hydrogen-bond donors (Lipinski definition) is 0. The van der Waals surface area contributed by atoms with Gasteiger partial charge in [-0.1, -0.05) is 56.0 Å². The average molecular weight is 272 g/mol. The van der Waals surface area contributed by atoms with Crippen molar-refractivity contribution in [1.29, 1.82) is 0 Å². The second-order valence-corrected chi connectivity index (χ2v) is 4.41. The Morgan fingerprint density at radius 2 is 1.90 bits per heavy atom. The van der Waals surface area contributed by atoms with Crippen molar-refractivity contribution in [3.63, 3.8) is 0 Å². The fraction of sp³-hybridized carbons (Fsp3) is 0.278. The molecule has 0 spiro atoms. The Balaban J connectivity index is 4.54. The molecule has 0 atom stereocenters. The van der Waals surface area contributed by atoms with E-state index in [-0.39, 0.29) is 12.4 Å². The molecule has 0 rings (SSSR count). The first-order valence-electron chi connectivity index (χ1n) is 6.64. The first kappa shape index (κ1) is 17.9. The Labute approximate surface area is 122 Å². The number of allylic oxidation sites excluding steroid dienone is 9. The van der Waals surface area contributed by atoms with Crippen molar-refractivity contribution in [2.75, 3.05) is 6.61 Å². The van der Waals surface area contributed by atoms with E-state index in [1.165, 1.54) is 6.26 Å². The quantitative estimate of drug-likeness (QED) is 0.450. The second-order valence-electron chi connectivity index (χ2n) is 4.41. The van der Waals surface area contributed by atoms with Gasteiger partial charge in [-0.2, -0.15) is 0 Å².